The SMILES string of the molecule is COC(=O)CCC=CC(CC(C)C)C(=O)NC(C)(C(N)=O)C(C)(C)C. The average molecular weight is 354 g/mol. The Kier molecular flexibility index (Phi) is 8.88. The number of nitrogens with one attached hydrogen (secondary N) is 1. The monoisotopic (exact) mass is 354 g/mol. The van der Waals surface area contributed by atoms with Gasteiger partial charge in [-0.2, -0.15) is 0 Å². The summed E-state index contributed by atoms with van der Waals surface area (Å²) in [4.78, 5) is 35.9. The van der Waals surface area contributed by atoms with Crippen LogP contribution in [0.2, 0.25) is 0 Å². The summed E-state index contributed by atoms with van der Waals surface area (Å²) in [5.41, 5.74) is 3.88. The summed E-state index contributed by atoms with van der Waals surface area (Å²) >= 11 is 0. The predicted molar refractivity (Wildman–Crippen MR) is 98.5 cm³/mol. The lowest BCUT2D eigenvalue weighted by Gasteiger charge is -2.40. The molecule has 6 nitrogen and oxygen atoms in total. The highest BCUT2D eigenvalue weighted by Crippen LogP contribution is 2.30. The van der Waals surface area contributed by atoms with E-state index >= 15 is 0 Å². The van der Waals surface area contributed by atoms with E-state index in [4.69, 9.17) is 5.73 Å². The number of esters is 1. The van der Waals surface area contributed by atoms with Crippen LogP contribution in [0.15, 0.2) is 12.2 Å². The van der Waals surface area contributed by atoms with Crippen LogP contribution in [0.1, 0.15) is 60.8 Å². The van der Waals surface area contributed by atoms with Crippen LogP contribution < -0.4 is 11.1 Å². The smallest absolute Gasteiger partial charge is 0.305 e. The number of primary amides is 1. The number of nitrogens with two attached hydrogens (primary N) is 1. The van der Waals surface area contributed by atoms with E-state index in [0.717, 1.165) is 0 Å². The largest absolute Gasteiger partial charge is 0.469 e. The minimum atomic E-state index is -1.15. The van der Waals surface area contributed by atoms with Gasteiger partial charge in [0.05, 0.1) is 13.0 Å². The van der Waals surface area contributed by atoms with Crippen molar-refractivity contribution in [2.75, 3.05) is 7.11 Å². The topological polar surface area (TPSA) is 98.5 Å². The second kappa shape index (κ2) is 9.59. The van der Waals surface area contributed by atoms with E-state index in [9.17, 15) is 14.4 Å². The summed E-state index contributed by atoms with van der Waals surface area (Å²) in [5.74, 6) is -1.18. The fraction of sp³-hybridized carbons (Fsp3) is 0.737. The van der Waals surface area contributed by atoms with Gasteiger partial charge in [0.15, 0.2) is 0 Å². The standard InChI is InChI=1S/C19H34N2O4/c1-13(2)12-14(10-8-9-11-15(22)25-7)16(23)21-19(6,17(20)24)18(3,4)5/h8,10,13-14H,9,11-12H2,1-7H3,(H2,20,24)(H,21,23). The van der Waals surface area contributed by atoms with Gasteiger partial charge in [0.2, 0.25) is 11.8 Å². The highest BCUT2D eigenvalue weighted by molar-refractivity contribution is 5.92. The zero-order valence-corrected chi connectivity index (χ0v) is 16.6. The number of ether oxygens (including phenoxy) is 1. The maximum absolute atomic E-state index is 12.8. The molecule has 0 heterocycles. The van der Waals surface area contributed by atoms with Gasteiger partial charge in [-0.05, 0) is 31.1 Å². The van der Waals surface area contributed by atoms with Gasteiger partial charge in [-0.15, -0.1) is 0 Å². The highest BCUT2D eigenvalue weighted by atomic mass is 16.5. The minimum Gasteiger partial charge on any atom is -0.469 e. The number of rotatable bonds is 9. The molecular formula is C19H34N2O4. The molecule has 0 rings (SSSR count). The van der Waals surface area contributed by atoms with Crippen LogP contribution in [0.4, 0.5) is 0 Å². The Bertz CT molecular complexity index is 506. The first kappa shape index (κ1) is 23.1. The van der Waals surface area contributed by atoms with E-state index in [1.165, 1.54) is 7.11 Å². The van der Waals surface area contributed by atoms with Crippen molar-refractivity contribution in [1.29, 1.82) is 0 Å². The third-order valence-corrected chi connectivity index (χ3v) is 4.54. The van der Waals surface area contributed by atoms with Crippen LogP contribution in [-0.4, -0.2) is 30.4 Å². The number of hydrogen-bond donors (Lipinski definition) is 2. The van der Waals surface area contributed by atoms with Gasteiger partial charge >= 0.3 is 5.97 Å². The number of carbonyl (C=O) groups is 3. The molecule has 0 saturated carbocycles. The molecule has 0 aliphatic heterocycles. The first-order chi connectivity index (χ1) is 11.3. The zero-order chi connectivity index (χ0) is 19.8. The van der Waals surface area contributed by atoms with Gasteiger partial charge in [-0.1, -0.05) is 46.8 Å². The van der Waals surface area contributed by atoms with Gasteiger partial charge < -0.3 is 15.8 Å². The molecule has 0 aromatic rings. The molecule has 0 saturated heterocycles. The highest BCUT2D eigenvalue weighted by Gasteiger charge is 2.44. The van der Waals surface area contributed by atoms with Crippen molar-refractivity contribution in [3.05, 3.63) is 12.2 Å². The van der Waals surface area contributed by atoms with Crippen LogP contribution in [0, 0.1) is 17.3 Å². The number of hydrogen-bond acceptors (Lipinski definition) is 4. The lowest BCUT2D eigenvalue weighted by Crippen LogP contribution is -2.63. The molecular weight excluding hydrogens is 320 g/mol. The molecule has 0 aliphatic carbocycles. The number of methoxy groups -OCH3 is 1. The quantitative estimate of drug-likeness (QED) is 0.491. The maximum atomic E-state index is 12.8. The van der Waals surface area contributed by atoms with Crippen molar-refractivity contribution in [3.8, 4) is 0 Å². The Hall–Kier alpha value is -1.85. The summed E-state index contributed by atoms with van der Waals surface area (Å²) < 4.78 is 4.60. The van der Waals surface area contributed by atoms with Crippen LogP contribution in [0.3, 0.4) is 0 Å². The Labute approximate surface area is 151 Å². The van der Waals surface area contributed by atoms with Gasteiger partial charge in [0, 0.05) is 6.42 Å². The molecule has 0 aliphatic rings. The third-order valence-electron chi connectivity index (χ3n) is 4.54. The molecule has 0 radical (unpaired) electrons. The summed E-state index contributed by atoms with van der Waals surface area (Å²) in [6, 6.07) is 0. The van der Waals surface area contributed by atoms with E-state index in [0.29, 0.717) is 18.8 Å². The molecule has 0 aromatic heterocycles. The summed E-state index contributed by atoms with van der Waals surface area (Å²) in [6.45, 7) is 11.3. The fourth-order valence-corrected chi connectivity index (χ4v) is 2.30. The van der Waals surface area contributed by atoms with Crippen molar-refractivity contribution in [2.24, 2.45) is 23.0 Å². The normalized spacial score (nSPS) is 15.7. The van der Waals surface area contributed by atoms with Crippen LogP contribution >= 0.6 is 0 Å². The van der Waals surface area contributed by atoms with Crippen LogP contribution in [0.5, 0.6) is 0 Å². The van der Waals surface area contributed by atoms with E-state index in [2.05, 4.69) is 10.1 Å². The summed E-state index contributed by atoms with van der Waals surface area (Å²) in [5, 5.41) is 2.84. The molecule has 3 N–H and O–H groups in total. The van der Waals surface area contributed by atoms with E-state index < -0.39 is 22.8 Å². The molecule has 0 aromatic carbocycles. The minimum absolute atomic E-state index is 0.237. The fourth-order valence-electron chi connectivity index (χ4n) is 2.30. The second-order valence-corrected chi connectivity index (χ2v) is 8.01. The molecule has 2 unspecified atom stereocenters. The molecule has 144 valence electrons. The Morgan fingerprint density at radius 2 is 1.72 bits per heavy atom. The summed E-state index contributed by atoms with van der Waals surface area (Å²) in [7, 11) is 1.35. The number of allylic oxidation sites excluding steroid dienone is 1. The molecule has 2 atom stereocenters. The molecule has 25 heavy (non-hydrogen) atoms. The third kappa shape index (κ3) is 7.28. The van der Waals surface area contributed by atoms with E-state index in [1.807, 2.05) is 40.7 Å². The van der Waals surface area contributed by atoms with Crippen LogP contribution in [-0.2, 0) is 19.1 Å². The molecule has 2 amide bonds. The van der Waals surface area contributed by atoms with Crippen molar-refractivity contribution in [1.82, 2.24) is 5.32 Å². The van der Waals surface area contributed by atoms with Gasteiger partial charge in [0.1, 0.15) is 5.54 Å². The molecule has 0 bridgehead atoms. The Morgan fingerprint density at radius 1 is 1.16 bits per heavy atom. The average Bonchev–Trinajstić information content (AvgIpc) is 2.47. The van der Waals surface area contributed by atoms with Crippen molar-refractivity contribution in [3.63, 3.8) is 0 Å². The lowest BCUT2D eigenvalue weighted by atomic mass is 9.74. The maximum Gasteiger partial charge on any atom is 0.305 e. The van der Waals surface area contributed by atoms with E-state index in [-0.39, 0.29) is 18.3 Å². The number of amides is 2. The van der Waals surface area contributed by atoms with E-state index in [1.54, 1.807) is 13.0 Å². The van der Waals surface area contributed by atoms with Crippen molar-refractivity contribution >= 4 is 17.8 Å². The molecule has 6 heteroatoms. The van der Waals surface area contributed by atoms with Gasteiger partial charge in [-0.3, -0.25) is 14.4 Å². The van der Waals surface area contributed by atoms with Crippen molar-refractivity contribution < 1.29 is 19.1 Å². The van der Waals surface area contributed by atoms with Crippen molar-refractivity contribution in [2.45, 2.75) is 66.3 Å². The van der Waals surface area contributed by atoms with Gasteiger partial charge in [-0.25, -0.2) is 0 Å². The van der Waals surface area contributed by atoms with Crippen LogP contribution in [0.25, 0.3) is 0 Å². The second-order valence-electron chi connectivity index (χ2n) is 8.01. The lowest BCUT2D eigenvalue weighted by molar-refractivity contribution is -0.140. The number of carbonyl (C=O) groups excluding carboxylic acids is 3. The zero-order valence-electron chi connectivity index (χ0n) is 16.6. The first-order valence-electron chi connectivity index (χ1n) is 8.70. The Balaban J connectivity index is 5.20. The summed E-state index contributed by atoms with van der Waals surface area (Å²) in [6.07, 6.45) is 5.01. The molecule has 0 spiro atoms. The van der Waals surface area contributed by atoms with Gasteiger partial charge in [0.25, 0.3) is 0 Å². The molecule has 0 fully saturated rings. The first-order valence-corrected chi connectivity index (χ1v) is 8.70. The Morgan fingerprint density at radius 3 is 2.12 bits per heavy atom. The predicted octanol–water partition coefficient (Wildman–Crippen LogP) is 2.56.